The molecule has 2 rings (SSSR count). The third-order valence-corrected chi connectivity index (χ3v) is 4.07. The van der Waals surface area contributed by atoms with Gasteiger partial charge in [-0.3, -0.25) is 4.79 Å². The predicted octanol–water partition coefficient (Wildman–Crippen LogP) is 1.81. The molecule has 15 heavy (non-hydrogen) atoms. The van der Waals surface area contributed by atoms with Crippen molar-refractivity contribution in [2.24, 2.45) is 5.73 Å². The molecule has 0 spiro atoms. The number of hydrogen-bond donors (Lipinski definition) is 2. The molecule has 82 valence electrons. The SMILES string of the molecule is C[C@H](NC(=O)C1(N)CCC1)c1cccs1. The minimum Gasteiger partial charge on any atom is -0.347 e. The summed E-state index contributed by atoms with van der Waals surface area (Å²) in [4.78, 5) is 13.0. The predicted molar refractivity (Wildman–Crippen MR) is 61.6 cm³/mol. The largest absolute Gasteiger partial charge is 0.347 e. The monoisotopic (exact) mass is 224 g/mol. The molecule has 0 radical (unpaired) electrons. The molecule has 1 aliphatic carbocycles. The summed E-state index contributed by atoms with van der Waals surface area (Å²) in [6, 6.07) is 4.09. The number of rotatable bonds is 3. The van der Waals surface area contributed by atoms with Crippen LogP contribution >= 0.6 is 11.3 Å². The summed E-state index contributed by atoms with van der Waals surface area (Å²) in [6.45, 7) is 1.99. The van der Waals surface area contributed by atoms with Crippen LogP contribution in [0, 0.1) is 0 Å². The van der Waals surface area contributed by atoms with Gasteiger partial charge in [0.15, 0.2) is 0 Å². The Morgan fingerprint density at radius 2 is 2.40 bits per heavy atom. The van der Waals surface area contributed by atoms with Crippen LogP contribution in [0.5, 0.6) is 0 Å². The zero-order valence-corrected chi connectivity index (χ0v) is 9.64. The second-order valence-electron chi connectivity index (χ2n) is 4.22. The van der Waals surface area contributed by atoms with Crippen LogP contribution in [0.3, 0.4) is 0 Å². The Hall–Kier alpha value is -0.870. The zero-order chi connectivity index (χ0) is 10.9. The van der Waals surface area contributed by atoms with E-state index in [1.54, 1.807) is 11.3 Å². The van der Waals surface area contributed by atoms with E-state index in [1.807, 2.05) is 24.4 Å². The Morgan fingerprint density at radius 1 is 1.67 bits per heavy atom. The smallest absolute Gasteiger partial charge is 0.240 e. The highest BCUT2D eigenvalue weighted by Crippen LogP contribution is 2.30. The minimum absolute atomic E-state index is 0.00495. The summed E-state index contributed by atoms with van der Waals surface area (Å²) in [5.41, 5.74) is 5.35. The summed E-state index contributed by atoms with van der Waals surface area (Å²) in [6.07, 6.45) is 2.70. The minimum atomic E-state index is -0.592. The van der Waals surface area contributed by atoms with Crippen molar-refractivity contribution in [3.8, 4) is 0 Å². The molecule has 0 aliphatic heterocycles. The Bertz CT molecular complexity index is 343. The lowest BCUT2D eigenvalue weighted by atomic mass is 9.77. The van der Waals surface area contributed by atoms with Crippen LogP contribution in [-0.4, -0.2) is 11.4 Å². The third kappa shape index (κ3) is 2.06. The molecule has 1 fully saturated rings. The van der Waals surface area contributed by atoms with E-state index in [1.165, 1.54) is 4.88 Å². The Kier molecular flexibility index (Phi) is 2.80. The third-order valence-electron chi connectivity index (χ3n) is 3.02. The zero-order valence-electron chi connectivity index (χ0n) is 8.82. The number of amides is 1. The first kappa shape index (κ1) is 10.6. The van der Waals surface area contributed by atoms with Gasteiger partial charge in [0.1, 0.15) is 0 Å². The average Bonchev–Trinajstić information content (AvgIpc) is 2.66. The highest BCUT2D eigenvalue weighted by molar-refractivity contribution is 7.10. The maximum Gasteiger partial charge on any atom is 0.240 e. The van der Waals surface area contributed by atoms with Crippen LogP contribution < -0.4 is 11.1 Å². The molecular formula is C11H16N2OS. The van der Waals surface area contributed by atoms with Crippen LogP contribution in [0.15, 0.2) is 17.5 Å². The molecule has 1 atom stereocenters. The second-order valence-corrected chi connectivity index (χ2v) is 5.20. The number of thiophene rings is 1. The number of carbonyl (C=O) groups is 1. The van der Waals surface area contributed by atoms with Crippen LogP contribution in [0.1, 0.15) is 37.1 Å². The van der Waals surface area contributed by atoms with Crippen molar-refractivity contribution in [3.05, 3.63) is 22.4 Å². The number of nitrogens with two attached hydrogens (primary N) is 1. The van der Waals surface area contributed by atoms with Gasteiger partial charge in [0.25, 0.3) is 0 Å². The van der Waals surface area contributed by atoms with Gasteiger partial charge < -0.3 is 11.1 Å². The van der Waals surface area contributed by atoms with E-state index in [-0.39, 0.29) is 11.9 Å². The van der Waals surface area contributed by atoms with Crippen LogP contribution in [0.2, 0.25) is 0 Å². The molecule has 1 amide bonds. The lowest BCUT2D eigenvalue weighted by Gasteiger charge is -2.37. The normalized spacial score (nSPS) is 20.4. The van der Waals surface area contributed by atoms with E-state index in [2.05, 4.69) is 5.32 Å². The van der Waals surface area contributed by atoms with Gasteiger partial charge in [0.2, 0.25) is 5.91 Å². The lowest BCUT2D eigenvalue weighted by Crippen LogP contribution is -2.58. The first-order valence-electron chi connectivity index (χ1n) is 5.25. The van der Waals surface area contributed by atoms with Crippen molar-refractivity contribution in [1.29, 1.82) is 0 Å². The van der Waals surface area contributed by atoms with E-state index in [0.29, 0.717) is 0 Å². The fourth-order valence-electron chi connectivity index (χ4n) is 1.73. The highest BCUT2D eigenvalue weighted by atomic mass is 32.1. The summed E-state index contributed by atoms with van der Waals surface area (Å²) in [5.74, 6) is -0.00495. The molecule has 4 heteroatoms. The Balaban J connectivity index is 1.94. The molecule has 1 aromatic heterocycles. The van der Waals surface area contributed by atoms with Gasteiger partial charge in [-0.25, -0.2) is 0 Å². The molecular weight excluding hydrogens is 208 g/mol. The Labute approximate surface area is 93.7 Å². The van der Waals surface area contributed by atoms with E-state index in [9.17, 15) is 4.79 Å². The van der Waals surface area contributed by atoms with Crippen molar-refractivity contribution >= 4 is 17.2 Å². The van der Waals surface area contributed by atoms with Gasteiger partial charge in [0, 0.05) is 4.88 Å². The quantitative estimate of drug-likeness (QED) is 0.822. The fraction of sp³-hybridized carbons (Fsp3) is 0.545. The molecule has 3 N–H and O–H groups in total. The van der Waals surface area contributed by atoms with E-state index < -0.39 is 5.54 Å². The van der Waals surface area contributed by atoms with E-state index in [0.717, 1.165) is 19.3 Å². The summed E-state index contributed by atoms with van der Waals surface area (Å²) in [5, 5.41) is 4.98. The molecule has 1 saturated carbocycles. The van der Waals surface area contributed by atoms with Gasteiger partial charge in [-0.1, -0.05) is 6.07 Å². The van der Waals surface area contributed by atoms with Crippen LogP contribution in [0.4, 0.5) is 0 Å². The molecule has 1 heterocycles. The summed E-state index contributed by atoms with van der Waals surface area (Å²) >= 11 is 1.65. The lowest BCUT2D eigenvalue weighted by molar-refractivity contribution is -0.129. The molecule has 0 bridgehead atoms. The maximum atomic E-state index is 11.8. The van der Waals surface area contributed by atoms with Crippen molar-refractivity contribution in [2.45, 2.75) is 37.8 Å². The number of nitrogens with one attached hydrogen (secondary N) is 1. The second kappa shape index (κ2) is 3.94. The van der Waals surface area contributed by atoms with Crippen LogP contribution in [-0.2, 0) is 4.79 Å². The molecule has 1 aromatic rings. The average molecular weight is 224 g/mol. The van der Waals surface area contributed by atoms with Crippen molar-refractivity contribution < 1.29 is 4.79 Å². The van der Waals surface area contributed by atoms with Crippen LogP contribution in [0.25, 0.3) is 0 Å². The van der Waals surface area contributed by atoms with E-state index in [4.69, 9.17) is 5.73 Å². The first-order chi connectivity index (χ1) is 7.12. The van der Waals surface area contributed by atoms with Gasteiger partial charge in [-0.15, -0.1) is 11.3 Å². The van der Waals surface area contributed by atoms with Gasteiger partial charge in [-0.2, -0.15) is 0 Å². The topological polar surface area (TPSA) is 55.1 Å². The maximum absolute atomic E-state index is 11.8. The highest BCUT2D eigenvalue weighted by Gasteiger charge is 2.40. The van der Waals surface area contributed by atoms with Crippen molar-refractivity contribution in [2.75, 3.05) is 0 Å². The van der Waals surface area contributed by atoms with E-state index >= 15 is 0 Å². The number of carbonyl (C=O) groups excluding carboxylic acids is 1. The molecule has 0 saturated heterocycles. The van der Waals surface area contributed by atoms with Gasteiger partial charge in [-0.05, 0) is 37.6 Å². The summed E-state index contributed by atoms with van der Waals surface area (Å²) in [7, 11) is 0. The molecule has 0 unspecified atom stereocenters. The van der Waals surface area contributed by atoms with Crippen molar-refractivity contribution in [1.82, 2.24) is 5.32 Å². The molecule has 3 nitrogen and oxygen atoms in total. The Morgan fingerprint density at radius 3 is 2.87 bits per heavy atom. The molecule has 0 aromatic carbocycles. The number of hydrogen-bond acceptors (Lipinski definition) is 3. The summed E-state index contributed by atoms with van der Waals surface area (Å²) < 4.78 is 0. The standard InChI is InChI=1S/C11H16N2OS/c1-8(9-4-2-7-15-9)13-10(14)11(12)5-3-6-11/h2,4,7-8H,3,5-6,12H2,1H3,(H,13,14)/t8-/m0/s1. The molecule has 1 aliphatic rings. The van der Waals surface area contributed by atoms with Gasteiger partial charge in [0.05, 0.1) is 11.6 Å². The first-order valence-corrected chi connectivity index (χ1v) is 6.13. The van der Waals surface area contributed by atoms with Gasteiger partial charge >= 0.3 is 0 Å². The van der Waals surface area contributed by atoms with Crippen molar-refractivity contribution in [3.63, 3.8) is 0 Å². The fourth-order valence-corrected chi connectivity index (χ4v) is 2.47.